The Hall–Kier alpha value is -3.13. The summed E-state index contributed by atoms with van der Waals surface area (Å²) in [6.07, 6.45) is 7.41. The van der Waals surface area contributed by atoms with Gasteiger partial charge in [-0.3, -0.25) is 4.79 Å². The number of piperidine rings is 2. The number of rotatable bonds is 2. The van der Waals surface area contributed by atoms with E-state index in [4.69, 9.17) is 0 Å². The summed E-state index contributed by atoms with van der Waals surface area (Å²) in [5.41, 5.74) is 6.16. The van der Waals surface area contributed by atoms with Crippen molar-refractivity contribution in [2.45, 2.75) is 38.5 Å². The van der Waals surface area contributed by atoms with Crippen molar-refractivity contribution >= 4 is 39.3 Å². The molecular weight excluding hydrogens is 372 g/mol. The highest BCUT2D eigenvalue weighted by Gasteiger charge is 2.39. The minimum absolute atomic E-state index is 0.192. The largest absolute Gasteiger partial charge is 0.371 e. The lowest BCUT2D eigenvalue weighted by atomic mass is 9.97. The van der Waals surface area contributed by atoms with E-state index in [1.807, 2.05) is 0 Å². The summed E-state index contributed by atoms with van der Waals surface area (Å²) in [5.74, 6) is -0.394. The number of carbonyl (C=O) groups is 1. The van der Waals surface area contributed by atoms with E-state index in [1.54, 1.807) is 0 Å². The minimum atomic E-state index is -0.394. The second kappa shape index (κ2) is 6.70. The fourth-order valence-electron chi connectivity index (χ4n) is 5.66. The second-order valence-electron chi connectivity index (χ2n) is 8.74. The first kappa shape index (κ1) is 17.7. The zero-order valence-electron chi connectivity index (χ0n) is 17.1. The van der Waals surface area contributed by atoms with E-state index in [1.165, 1.54) is 60.7 Å². The molecule has 3 aliphatic heterocycles. The van der Waals surface area contributed by atoms with E-state index in [0.717, 1.165) is 42.9 Å². The van der Waals surface area contributed by atoms with Gasteiger partial charge >= 0.3 is 0 Å². The fraction of sp³-hybridized carbons (Fsp3) is 0.400. The standard InChI is InChI=1S/C25H24N4O/c26-15-18-22-17-8-9-19(28-11-3-1-4-12-28)16-7-10-20(29-13-5-2-6-14-29)23(21(16)17)24(22)27-25(18)30/h7-10H,1-6,11-14H2. The van der Waals surface area contributed by atoms with Crippen LogP contribution in [0.25, 0.3) is 16.3 Å². The Kier molecular flexibility index (Phi) is 3.95. The normalized spacial score (nSPS) is 20.6. The maximum Gasteiger partial charge on any atom is 0.288 e. The van der Waals surface area contributed by atoms with Gasteiger partial charge in [0, 0.05) is 59.5 Å². The van der Waals surface area contributed by atoms with Crippen LogP contribution in [0.15, 0.2) is 34.8 Å². The van der Waals surface area contributed by atoms with E-state index in [9.17, 15) is 10.1 Å². The highest BCUT2D eigenvalue weighted by molar-refractivity contribution is 6.51. The smallest absolute Gasteiger partial charge is 0.288 e. The number of benzene rings is 2. The molecule has 0 saturated carbocycles. The molecule has 2 fully saturated rings. The highest BCUT2D eigenvalue weighted by atomic mass is 16.1. The Morgan fingerprint density at radius 3 is 2.13 bits per heavy atom. The average molecular weight is 396 g/mol. The first-order valence-corrected chi connectivity index (χ1v) is 11.2. The van der Waals surface area contributed by atoms with Crippen LogP contribution in [0.4, 0.5) is 11.4 Å². The van der Waals surface area contributed by atoms with Crippen molar-refractivity contribution in [3.8, 4) is 6.07 Å². The molecule has 0 atom stereocenters. The molecule has 0 N–H and O–H groups in total. The van der Waals surface area contributed by atoms with Gasteiger partial charge in [-0.2, -0.15) is 5.26 Å². The summed E-state index contributed by atoms with van der Waals surface area (Å²) < 4.78 is 0. The van der Waals surface area contributed by atoms with E-state index < -0.39 is 5.91 Å². The number of carbonyl (C=O) groups excluding carboxylic acids is 1. The minimum Gasteiger partial charge on any atom is -0.371 e. The zero-order chi connectivity index (χ0) is 20.2. The predicted molar refractivity (Wildman–Crippen MR) is 120 cm³/mol. The van der Waals surface area contributed by atoms with Crippen LogP contribution in [0, 0.1) is 11.3 Å². The van der Waals surface area contributed by atoms with E-state index in [-0.39, 0.29) is 5.57 Å². The molecule has 2 aromatic carbocycles. The van der Waals surface area contributed by atoms with Crippen molar-refractivity contribution in [2.24, 2.45) is 4.99 Å². The molecule has 150 valence electrons. The number of fused-ring (bicyclic) bond motifs is 3. The van der Waals surface area contributed by atoms with Gasteiger partial charge in [0.25, 0.3) is 5.91 Å². The Labute approximate surface area is 176 Å². The summed E-state index contributed by atoms with van der Waals surface area (Å²) in [4.78, 5) is 21.8. The first-order chi connectivity index (χ1) is 14.8. The third-order valence-electron chi connectivity index (χ3n) is 7.06. The van der Waals surface area contributed by atoms with Crippen LogP contribution in [-0.2, 0) is 4.79 Å². The van der Waals surface area contributed by atoms with E-state index in [2.05, 4.69) is 45.1 Å². The van der Waals surface area contributed by atoms with Crippen LogP contribution in [0.2, 0.25) is 0 Å². The van der Waals surface area contributed by atoms with Crippen LogP contribution in [0.3, 0.4) is 0 Å². The van der Waals surface area contributed by atoms with Crippen LogP contribution in [-0.4, -0.2) is 37.8 Å². The molecular formula is C25H24N4O. The average Bonchev–Trinajstić information content (AvgIpc) is 3.29. The van der Waals surface area contributed by atoms with Crippen molar-refractivity contribution in [3.05, 3.63) is 41.0 Å². The topological polar surface area (TPSA) is 59.7 Å². The van der Waals surface area contributed by atoms with Gasteiger partial charge in [-0.15, -0.1) is 0 Å². The number of anilines is 2. The van der Waals surface area contributed by atoms with Gasteiger partial charge < -0.3 is 9.80 Å². The molecule has 0 bridgehead atoms. The Bertz CT molecular complexity index is 1190. The molecule has 0 unspecified atom stereocenters. The number of amides is 1. The van der Waals surface area contributed by atoms with Gasteiger partial charge in [0.2, 0.25) is 0 Å². The van der Waals surface area contributed by atoms with Crippen LogP contribution >= 0.6 is 0 Å². The number of allylic oxidation sites excluding steroid dienone is 1. The zero-order valence-corrected chi connectivity index (χ0v) is 17.1. The molecule has 1 aliphatic carbocycles. The Morgan fingerprint density at radius 1 is 0.833 bits per heavy atom. The van der Waals surface area contributed by atoms with Crippen molar-refractivity contribution in [1.82, 2.24) is 0 Å². The summed E-state index contributed by atoms with van der Waals surface area (Å²) in [6, 6.07) is 10.9. The molecule has 0 radical (unpaired) electrons. The number of hydrogen-bond acceptors (Lipinski definition) is 4. The SMILES string of the molecule is N#CC1=C2C(=NC1=O)c1c(N3CCCCC3)ccc3c(N4CCCCC4)ccc2c13. The summed E-state index contributed by atoms with van der Waals surface area (Å²) in [7, 11) is 0. The predicted octanol–water partition coefficient (Wildman–Crippen LogP) is 4.44. The molecule has 0 spiro atoms. The first-order valence-electron chi connectivity index (χ1n) is 11.2. The number of aliphatic imine (C=N–C) groups is 1. The molecule has 4 aliphatic rings. The molecule has 5 heteroatoms. The lowest BCUT2D eigenvalue weighted by Gasteiger charge is -2.32. The maximum absolute atomic E-state index is 12.5. The third kappa shape index (κ3) is 2.40. The summed E-state index contributed by atoms with van der Waals surface area (Å²) in [6.45, 7) is 4.24. The van der Waals surface area contributed by atoms with Gasteiger partial charge in [-0.25, -0.2) is 4.99 Å². The third-order valence-corrected chi connectivity index (χ3v) is 7.06. The van der Waals surface area contributed by atoms with Crippen molar-refractivity contribution in [1.29, 1.82) is 5.26 Å². The highest BCUT2D eigenvalue weighted by Crippen LogP contribution is 2.49. The second-order valence-corrected chi connectivity index (χ2v) is 8.74. The van der Waals surface area contributed by atoms with Gasteiger partial charge in [0.1, 0.15) is 11.6 Å². The summed E-state index contributed by atoms with van der Waals surface area (Å²) >= 11 is 0. The van der Waals surface area contributed by atoms with Gasteiger partial charge in [0.05, 0.1) is 5.71 Å². The molecule has 2 aromatic rings. The van der Waals surface area contributed by atoms with E-state index in [0.29, 0.717) is 5.71 Å². The van der Waals surface area contributed by atoms with Crippen LogP contribution in [0.5, 0.6) is 0 Å². The van der Waals surface area contributed by atoms with Crippen molar-refractivity contribution in [2.75, 3.05) is 36.0 Å². The molecule has 3 heterocycles. The van der Waals surface area contributed by atoms with Crippen LogP contribution in [0.1, 0.15) is 49.7 Å². The quantitative estimate of drug-likeness (QED) is 0.753. The van der Waals surface area contributed by atoms with Crippen LogP contribution < -0.4 is 9.80 Å². The number of nitrogens with zero attached hydrogens (tertiary/aromatic N) is 4. The molecule has 30 heavy (non-hydrogen) atoms. The van der Waals surface area contributed by atoms with Crippen molar-refractivity contribution in [3.63, 3.8) is 0 Å². The maximum atomic E-state index is 12.5. The molecule has 0 aromatic heterocycles. The van der Waals surface area contributed by atoms with Gasteiger partial charge in [-0.1, -0.05) is 12.1 Å². The fourth-order valence-corrected chi connectivity index (χ4v) is 5.66. The van der Waals surface area contributed by atoms with Gasteiger partial charge in [-0.05, 0) is 56.2 Å². The molecule has 6 rings (SSSR count). The monoisotopic (exact) mass is 396 g/mol. The van der Waals surface area contributed by atoms with Crippen molar-refractivity contribution < 1.29 is 4.79 Å². The summed E-state index contributed by atoms with van der Waals surface area (Å²) in [5, 5.41) is 12.1. The Balaban J connectivity index is 1.63. The molecule has 2 saturated heterocycles. The number of hydrogen-bond donors (Lipinski definition) is 0. The lowest BCUT2D eigenvalue weighted by Crippen LogP contribution is -2.31. The molecule has 5 nitrogen and oxygen atoms in total. The number of nitriles is 1. The molecule has 1 amide bonds. The lowest BCUT2D eigenvalue weighted by molar-refractivity contribution is -0.113. The Morgan fingerprint density at radius 2 is 1.47 bits per heavy atom. The van der Waals surface area contributed by atoms with Gasteiger partial charge in [0.15, 0.2) is 0 Å². The van der Waals surface area contributed by atoms with E-state index >= 15 is 0 Å².